The van der Waals surface area contributed by atoms with Crippen LogP contribution in [0.2, 0.25) is 0 Å². The van der Waals surface area contributed by atoms with E-state index in [-0.39, 0.29) is 5.41 Å². The molecule has 0 aromatic rings. The monoisotopic (exact) mass is 272 g/mol. The fourth-order valence-electron chi connectivity index (χ4n) is 2.38. The third kappa shape index (κ3) is 5.68. The smallest absolute Gasteiger partial charge is 0.115 e. The fourth-order valence-corrected chi connectivity index (χ4v) is 2.38. The highest BCUT2D eigenvalue weighted by Gasteiger charge is 2.18. The molecule has 0 saturated heterocycles. The van der Waals surface area contributed by atoms with Crippen LogP contribution in [0.3, 0.4) is 0 Å². The molecule has 0 radical (unpaired) electrons. The Kier molecular flexibility index (Phi) is 7.21. The van der Waals surface area contributed by atoms with Gasteiger partial charge in [0.2, 0.25) is 0 Å². The molecule has 0 bridgehead atoms. The van der Waals surface area contributed by atoms with E-state index < -0.39 is 0 Å². The molecule has 0 aromatic heterocycles. The van der Waals surface area contributed by atoms with Crippen molar-refractivity contribution >= 4 is 13.1 Å². The normalized spacial score (nSPS) is 22.6. The Morgan fingerprint density at radius 1 is 1.15 bits per heavy atom. The van der Waals surface area contributed by atoms with Gasteiger partial charge < -0.3 is 0 Å². The molecule has 2 heteroatoms. The van der Waals surface area contributed by atoms with Crippen LogP contribution >= 0.6 is 0 Å². The molecule has 0 aliphatic heterocycles. The van der Waals surface area contributed by atoms with Crippen LogP contribution in [-0.2, 0) is 0 Å². The number of hydrogen-bond acceptors (Lipinski definition) is 1. The highest BCUT2D eigenvalue weighted by Crippen LogP contribution is 2.32. The molecule has 0 spiro atoms. The molecule has 1 unspecified atom stereocenters. The summed E-state index contributed by atoms with van der Waals surface area (Å²) < 4.78 is 0. The Bertz CT molecular complexity index is 427. The van der Waals surface area contributed by atoms with E-state index in [1.807, 2.05) is 0 Å². The van der Waals surface area contributed by atoms with E-state index >= 15 is 0 Å². The second kappa shape index (κ2) is 8.68. The van der Waals surface area contributed by atoms with Gasteiger partial charge >= 0.3 is 0 Å². The lowest BCUT2D eigenvalue weighted by molar-refractivity contribution is 0.458. The molecular weight excluding hydrogens is 244 g/mol. The highest BCUT2D eigenvalue weighted by atomic mass is 14.8. The Balaban J connectivity index is 2.60. The van der Waals surface area contributed by atoms with E-state index in [0.717, 1.165) is 5.70 Å². The maximum Gasteiger partial charge on any atom is 0.115 e. The summed E-state index contributed by atoms with van der Waals surface area (Å²) in [4.78, 5) is 7.99. The Hall–Kier alpha value is -1.44. The summed E-state index contributed by atoms with van der Waals surface area (Å²) >= 11 is 0. The first-order chi connectivity index (χ1) is 9.61. The number of unbranched alkanes of at least 4 members (excludes halogenated alkanes) is 4. The van der Waals surface area contributed by atoms with Gasteiger partial charge in [0, 0.05) is 5.41 Å². The van der Waals surface area contributed by atoms with Gasteiger partial charge in [-0.05, 0) is 31.7 Å². The van der Waals surface area contributed by atoms with E-state index in [4.69, 9.17) is 0 Å². The molecule has 1 aliphatic rings. The van der Waals surface area contributed by atoms with Crippen LogP contribution in [-0.4, -0.2) is 13.1 Å². The lowest BCUT2D eigenvalue weighted by Gasteiger charge is -2.21. The Labute approximate surface area is 124 Å². The van der Waals surface area contributed by atoms with Gasteiger partial charge in [-0.25, -0.2) is 4.99 Å². The van der Waals surface area contributed by atoms with Crippen molar-refractivity contribution in [3.8, 4) is 0 Å². The molecule has 1 aliphatic carbocycles. The summed E-state index contributed by atoms with van der Waals surface area (Å²) in [5.74, 6) is 0. The maximum atomic E-state index is 4.32. The lowest BCUT2D eigenvalue weighted by Crippen LogP contribution is -2.08. The SMILES string of the molecule is C=N/C=N\C1=C(C)C=CC(C)(CCCCCCC)C=C1. The number of rotatable bonds is 8. The van der Waals surface area contributed by atoms with Crippen LogP contribution in [0.25, 0.3) is 0 Å². The third-order valence-electron chi connectivity index (χ3n) is 3.84. The molecular formula is C18H28N2. The standard InChI is InChI=1S/C18H28N2/c1-5-6-7-8-9-12-18(3)13-10-16(2)17(11-14-18)20-15-19-4/h10-11,13-15H,4-9,12H2,1-3H3/b20-15-. The zero-order valence-corrected chi connectivity index (χ0v) is 13.2. The number of aliphatic imine (C=N–C) groups is 2. The maximum absolute atomic E-state index is 4.32. The molecule has 1 atom stereocenters. The zero-order valence-electron chi connectivity index (χ0n) is 13.2. The first-order valence-electron chi connectivity index (χ1n) is 7.69. The van der Waals surface area contributed by atoms with Crippen LogP contribution in [0.15, 0.2) is 45.6 Å². The minimum absolute atomic E-state index is 0.145. The van der Waals surface area contributed by atoms with E-state index in [1.165, 1.54) is 50.4 Å². The number of nitrogens with zero attached hydrogens (tertiary/aromatic N) is 2. The molecule has 20 heavy (non-hydrogen) atoms. The van der Waals surface area contributed by atoms with Crippen LogP contribution < -0.4 is 0 Å². The first kappa shape index (κ1) is 16.6. The lowest BCUT2D eigenvalue weighted by atomic mass is 9.84. The van der Waals surface area contributed by atoms with Crippen molar-refractivity contribution in [2.24, 2.45) is 15.4 Å². The van der Waals surface area contributed by atoms with Crippen molar-refractivity contribution in [2.45, 2.75) is 59.3 Å². The van der Waals surface area contributed by atoms with Crippen molar-refractivity contribution in [1.82, 2.24) is 0 Å². The summed E-state index contributed by atoms with van der Waals surface area (Å²) in [6, 6.07) is 0. The zero-order chi connectivity index (χ0) is 14.8. The predicted molar refractivity (Wildman–Crippen MR) is 90.5 cm³/mol. The van der Waals surface area contributed by atoms with E-state index in [0.29, 0.717) is 0 Å². The van der Waals surface area contributed by atoms with Gasteiger partial charge in [-0.1, -0.05) is 64.2 Å². The van der Waals surface area contributed by atoms with Crippen LogP contribution in [0, 0.1) is 5.41 Å². The number of hydrogen-bond donors (Lipinski definition) is 0. The van der Waals surface area contributed by atoms with E-state index in [1.54, 1.807) is 0 Å². The van der Waals surface area contributed by atoms with E-state index in [2.05, 4.69) is 61.8 Å². The summed E-state index contributed by atoms with van der Waals surface area (Å²) in [6.07, 6.45) is 18.2. The van der Waals surface area contributed by atoms with Crippen molar-refractivity contribution in [1.29, 1.82) is 0 Å². The van der Waals surface area contributed by atoms with Crippen molar-refractivity contribution in [3.05, 3.63) is 35.6 Å². The molecule has 0 fully saturated rings. The summed E-state index contributed by atoms with van der Waals surface area (Å²) in [5, 5.41) is 0. The Morgan fingerprint density at radius 2 is 1.85 bits per heavy atom. The van der Waals surface area contributed by atoms with Gasteiger partial charge in [0.1, 0.15) is 6.34 Å². The predicted octanol–water partition coefficient (Wildman–Crippen LogP) is 5.48. The van der Waals surface area contributed by atoms with Gasteiger partial charge in [-0.15, -0.1) is 0 Å². The van der Waals surface area contributed by atoms with Gasteiger partial charge in [0.25, 0.3) is 0 Å². The molecule has 0 heterocycles. The van der Waals surface area contributed by atoms with Gasteiger partial charge in [0.05, 0.1) is 5.70 Å². The largest absolute Gasteiger partial charge is 0.253 e. The van der Waals surface area contributed by atoms with Crippen LogP contribution in [0.5, 0.6) is 0 Å². The third-order valence-corrected chi connectivity index (χ3v) is 3.84. The van der Waals surface area contributed by atoms with Gasteiger partial charge in [0.15, 0.2) is 0 Å². The van der Waals surface area contributed by atoms with Crippen LogP contribution in [0.1, 0.15) is 59.3 Å². The molecule has 0 N–H and O–H groups in total. The second-order valence-corrected chi connectivity index (χ2v) is 5.83. The minimum Gasteiger partial charge on any atom is -0.253 e. The molecule has 0 aromatic carbocycles. The molecule has 0 saturated carbocycles. The molecule has 0 amide bonds. The van der Waals surface area contributed by atoms with Crippen LogP contribution in [0.4, 0.5) is 0 Å². The second-order valence-electron chi connectivity index (χ2n) is 5.83. The first-order valence-corrected chi connectivity index (χ1v) is 7.69. The molecule has 1 rings (SSSR count). The van der Waals surface area contributed by atoms with E-state index in [9.17, 15) is 0 Å². The highest BCUT2D eigenvalue weighted by molar-refractivity contribution is 5.64. The summed E-state index contributed by atoms with van der Waals surface area (Å²) in [7, 11) is 0. The quantitative estimate of drug-likeness (QED) is 0.317. The average molecular weight is 272 g/mol. The van der Waals surface area contributed by atoms with Gasteiger partial charge in [-0.2, -0.15) is 0 Å². The minimum atomic E-state index is 0.145. The van der Waals surface area contributed by atoms with Crippen molar-refractivity contribution in [2.75, 3.05) is 0 Å². The molecule has 110 valence electrons. The van der Waals surface area contributed by atoms with Crippen molar-refractivity contribution < 1.29 is 0 Å². The molecule has 2 nitrogen and oxygen atoms in total. The average Bonchev–Trinajstić information content (AvgIpc) is 2.58. The summed E-state index contributed by atoms with van der Waals surface area (Å²) in [5.41, 5.74) is 2.30. The summed E-state index contributed by atoms with van der Waals surface area (Å²) in [6.45, 7) is 10.1. The number of allylic oxidation sites excluding steroid dienone is 5. The topological polar surface area (TPSA) is 24.7 Å². The Morgan fingerprint density at radius 3 is 2.55 bits per heavy atom. The van der Waals surface area contributed by atoms with Gasteiger partial charge in [-0.3, -0.25) is 4.99 Å². The van der Waals surface area contributed by atoms with Crippen molar-refractivity contribution in [3.63, 3.8) is 0 Å². The fraction of sp³-hybridized carbons (Fsp3) is 0.556.